The first kappa shape index (κ1) is 32.7. The first-order valence-corrected chi connectivity index (χ1v) is 16.9. The highest BCUT2D eigenvalue weighted by Gasteiger charge is 2.15. The second-order valence-electron chi connectivity index (χ2n) is 9.74. The number of aromatic nitrogens is 1. The van der Waals surface area contributed by atoms with Crippen LogP contribution in [0.4, 0.5) is 10.8 Å². The van der Waals surface area contributed by atoms with Crippen LogP contribution in [0, 0.1) is 0 Å². The first-order valence-electron chi connectivity index (χ1n) is 14.2. The minimum Gasteiger partial charge on any atom is -0.494 e. The Morgan fingerprint density at radius 2 is 1.61 bits per heavy atom. The van der Waals surface area contributed by atoms with Crippen molar-refractivity contribution in [3.05, 3.63) is 130 Å². The third kappa shape index (κ3) is 9.40. The van der Waals surface area contributed by atoms with Gasteiger partial charge in [0.1, 0.15) is 11.4 Å². The van der Waals surface area contributed by atoms with Gasteiger partial charge < -0.3 is 20.7 Å². The van der Waals surface area contributed by atoms with Gasteiger partial charge in [0.15, 0.2) is 5.13 Å². The van der Waals surface area contributed by atoms with Crippen molar-refractivity contribution >= 4 is 73.6 Å². The number of halogens is 1. The molecule has 0 saturated carbocycles. The van der Waals surface area contributed by atoms with Gasteiger partial charge in [-0.1, -0.05) is 46.3 Å². The van der Waals surface area contributed by atoms with Gasteiger partial charge >= 0.3 is 0 Å². The van der Waals surface area contributed by atoms with Crippen LogP contribution in [-0.4, -0.2) is 35.1 Å². The Hall–Kier alpha value is -4.71. The van der Waals surface area contributed by atoms with Crippen LogP contribution < -0.4 is 20.7 Å². The Morgan fingerprint density at radius 3 is 2.30 bits per heavy atom. The largest absolute Gasteiger partial charge is 0.494 e. The number of thioether (sulfide) groups is 1. The third-order valence-corrected chi connectivity index (χ3v) is 8.70. The number of anilines is 2. The molecule has 11 heteroatoms. The lowest BCUT2D eigenvalue weighted by Gasteiger charge is -2.12. The zero-order valence-electron chi connectivity index (χ0n) is 24.7. The van der Waals surface area contributed by atoms with E-state index in [0.29, 0.717) is 23.0 Å². The van der Waals surface area contributed by atoms with Gasteiger partial charge in [-0.3, -0.25) is 14.4 Å². The Labute approximate surface area is 283 Å². The Kier molecular flexibility index (Phi) is 11.4. The molecular weight excluding hydrogens is 684 g/mol. The second kappa shape index (κ2) is 16.0. The fourth-order valence-corrected chi connectivity index (χ4v) is 5.86. The summed E-state index contributed by atoms with van der Waals surface area (Å²) in [4.78, 5) is 44.1. The van der Waals surface area contributed by atoms with Gasteiger partial charge in [0.25, 0.3) is 11.8 Å². The summed E-state index contributed by atoms with van der Waals surface area (Å²) in [6, 6.07) is 30.9. The topological polar surface area (TPSA) is 109 Å². The number of benzene rings is 4. The van der Waals surface area contributed by atoms with Gasteiger partial charge in [-0.2, -0.15) is 0 Å². The molecule has 0 fully saturated rings. The molecule has 8 nitrogen and oxygen atoms in total. The maximum absolute atomic E-state index is 13.3. The molecule has 4 aromatic carbocycles. The fourth-order valence-electron chi connectivity index (χ4n) is 4.16. The minimum absolute atomic E-state index is 0.0965. The van der Waals surface area contributed by atoms with Gasteiger partial charge in [0.05, 0.1) is 18.1 Å². The summed E-state index contributed by atoms with van der Waals surface area (Å²) < 4.78 is 6.39. The van der Waals surface area contributed by atoms with Gasteiger partial charge in [0, 0.05) is 31.6 Å². The zero-order chi connectivity index (χ0) is 32.3. The average molecular weight is 714 g/mol. The highest BCUT2D eigenvalue weighted by atomic mass is 79.9. The molecule has 5 rings (SSSR count). The number of ether oxygens (including phenoxy) is 1. The van der Waals surface area contributed by atoms with E-state index in [1.54, 1.807) is 42.5 Å². The quantitative estimate of drug-likeness (QED) is 0.0891. The number of carbonyl (C=O) groups is 3. The summed E-state index contributed by atoms with van der Waals surface area (Å²) in [6.07, 6.45) is 1.62. The molecule has 0 bridgehead atoms. The normalized spacial score (nSPS) is 11.0. The zero-order valence-corrected chi connectivity index (χ0v) is 27.9. The monoisotopic (exact) mass is 712 g/mol. The summed E-state index contributed by atoms with van der Waals surface area (Å²) in [5.74, 6) is -0.0517. The molecule has 0 spiro atoms. The second-order valence-corrected chi connectivity index (χ2v) is 12.6. The van der Waals surface area contributed by atoms with E-state index in [1.807, 2.05) is 79.0 Å². The maximum atomic E-state index is 13.3. The molecule has 0 aliphatic rings. The molecule has 3 amide bonds. The smallest absolute Gasteiger partial charge is 0.272 e. The molecule has 1 heterocycles. The molecule has 0 radical (unpaired) electrons. The molecule has 46 heavy (non-hydrogen) atoms. The molecule has 3 N–H and O–H groups in total. The van der Waals surface area contributed by atoms with Crippen LogP contribution in [0.5, 0.6) is 5.75 Å². The lowest BCUT2D eigenvalue weighted by atomic mass is 10.1. The van der Waals surface area contributed by atoms with E-state index in [4.69, 9.17) is 4.74 Å². The van der Waals surface area contributed by atoms with Crippen LogP contribution in [0.15, 0.2) is 124 Å². The first-order chi connectivity index (χ1) is 22.4. The van der Waals surface area contributed by atoms with E-state index < -0.39 is 11.8 Å². The number of rotatable bonds is 12. The molecule has 232 valence electrons. The van der Waals surface area contributed by atoms with Crippen LogP contribution in [0.1, 0.15) is 22.8 Å². The average Bonchev–Trinajstić information content (AvgIpc) is 3.54. The SMILES string of the molecule is CCOc1ccc(-c2csc(NC(=O)CSc3ccc(NC(=O)/C(=C/c4ccc(Br)cc4)NC(=O)c4ccccc4)cc3)n2)cc1. The van der Waals surface area contributed by atoms with Crippen LogP contribution >= 0.6 is 39.0 Å². The van der Waals surface area contributed by atoms with Crippen molar-refractivity contribution in [2.75, 3.05) is 23.0 Å². The van der Waals surface area contributed by atoms with E-state index in [0.717, 1.165) is 31.9 Å². The third-order valence-electron chi connectivity index (χ3n) is 6.40. The summed E-state index contributed by atoms with van der Waals surface area (Å²) in [7, 11) is 0. The summed E-state index contributed by atoms with van der Waals surface area (Å²) in [5.41, 5.74) is 3.54. The number of thiazole rings is 1. The van der Waals surface area contributed by atoms with Gasteiger partial charge in [-0.25, -0.2) is 4.98 Å². The van der Waals surface area contributed by atoms with E-state index >= 15 is 0 Å². The Morgan fingerprint density at radius 1 is 0.891 bits per heavy atom. The molecular formula is C35H29BrN4O4S2. The van der Waals surface area contributed by atoms with Crippen molar-refractivity contribution in [3.8, 4) is 17.0 Å². The number of carbonyl (C=O) groups excluding carboxylic acids is 3. The minimum atomic E-state index is -0.472. The lowest BCUT2D eigenvalue weighted by Crippen LogP contribution is -2.30. The highest BCUT2D eigenvalue weighted by molar-refractivity contribution is 9.10. The van der Waals surface area contributed by atoms with Crippen LogP contribution in [0.3, 0.4) is 0 Å². The predicted molar refractivity (Wildman–Crippen MR) is 189 cm³/mol. The number of hydrogen-bond donors (Lipinski definition) is 3. The van der Waals surface area contributed by atoms with Crippen molar-refractivity contribution in [1.82, 2.24) is 10.3 Å². The number of hydrogen-bond acceptors (Lipinski definition) is 7. The van der Waals surface area contributed by atoms with Crippen molar-refractivity contribution in [2.24, 2.45) is 0 Å². The van der Waals surface area contributed by atoms with Crippen molar-refractivity contribution in [1.29, 1.82) is 0 Å². The van der Waals surface area contributed by atoms with E-state index in [2.05, 4.69) is 36.9 Å². The molecule has 0 atom stereocenters. The van der Waals surface area contributed by atoms with Gasteiger partial charge in [-0.15, -0.1) is 23.1 Å². The van der Waals surface area contributed by atoms with E-state index in [-0.39, 0.29) is 17.4 Å². The van der Waals surface area contributed by atoms with Crippen molar-refractivity contribution in [3.63, 3.8) is 0 Å². The summed E-state index contributed by atoms with van der Waals surface area (Å²) in [5, 5.41) is 10.9. The Bertz CT molecular complexity index is 1830. The summed E-state index contributed by atoms with van der Waals surface area (Å²) in [6.45, 7) is 2.54. The standard InChI is InChI=1S/C35H29BrN4O4S2/c1-2-44-28-16-10-24(11-17-28)31-21-46-35(39-31)40-32(41)22-45-29-18-14-27(15-19-29)37-34(43)30(20-23-8-12-26(36)13-9-23)38-33(42)25-6-4-3-5-7-25/h3-21H,2,22H2,1H3,(H,37,43)(H,38,42)(H,39,40,41)/b30-20-. The predicted octanol–water partition coefficient (Wildman–Crippen LogP) is 8.11. The van der Waals surface area contributed by atoms with Crippen molar-refractivity contribution < 1.29 is 19.1 Å². The molecule has 1 aromatic heterocycles. The summed E-state index contributed by atoms with van der Waals surface area (Å²) >= 11 is 6.14. The fraction of sp³-hybridized carbons (Fsp3) is 0.0857. The lowest BCUT2D eigenvalue weighted by molar-refractivity contribution is -0.114. The van der Waals surface area contributed by atoms with Gasteiger partial charge in [-0.05, 0) is 91.4 Å². The number of nitrogens with one attached hydrogen (secondary N) is 3. The molecule has 5 aromatic rings. The molecule has 0 aliphatic heterocycles. The van der Waals surface area contributed by atoms with Crippen LogP contribution in [0.25, 0.3) is 17.3 Å². The number of amides is 3. The van der Waals surface area contributed by atoms with Crippen molar-refractivity contribution in [2.45, 2.75) is 11.8 Å². The molecule has 0 saturated heterocycles. The Balaban J connectivity index is 1.16. The van der Waals surface area contributed by atoms with Crippen LogP contribution in [0.2, 0.25) is 0 Å². The molecule has 0 aliphatic carbocycles. The van der Waals surface area contributed by atoms with E-state index in [9.17, 15) is 14.4 Å². The van der Waals surface area contributed by atoms with Crippen LogP contribution in [-0.2, 0) is 9.59 Å². The van der Waals surface area contributed by atoms with Gasteiger partial charge in [0.2, 0.25) is 5.91 Å². The van der Waals surface area contributed by atoms with E-state index in [1.165, 1.54) is 23.1 Å². The maximum Gasteiger partial charge on any atom is 0.272 e. The molecule has 0 unspecified atom stereocenters. The number of nitrogens with zero attached hydrogens (tertiary/aromatic N) is 1. The highest BCUT2D eigenvalue weighted by Crippen LogP contribution is 2.27.